The summed E-state index contributed by atoms with van der Waals surface area (Å²) < 4.78 is 13.3. The molecule has 5 atom stereocenters. The number of nitrogens with one attached hydrogen (secondary N) is 1. The summed E-state index contributed by atoms with van der Waals surface area (Å²) in [7, 11) is 0. The molecule has 4 rings (SSSR count). The van der Waals surface area contributed by atoms with Gasteiger partial charge in [-0.15, -0.1) is 0 Å². The fraction of sp³-hybridized carbons (Fsp3) is 0.533. The minimum absolute atomic E-state index is 0.174. The molecule has 2 saturated heterocycles. The first kappa shape index (κ1) is 14.7. The summed E-state index contributed by atoms with van der Waals surface area (Å²) in [5.74, 6) is 0. The number of hydrogen-bond acceptors (Lipinski definition) is 7. The third kappa shape index (κ3) is 2.74. The van der Waals surface area contributed by atoms with Crippen molar-refractivity contribution in [3.63, 3.8) is 0 Å². The number of hydrogen-bond donors (Lipinski definition) is 2. The van der Waals surface area contributed by atoms with E-state index < -0.39 is 12.4 Å². The number of aromatic nitrogens is 4. The van der Waals surface area contributed by atoms with Crippen molar-refractivity contribution in [2.24, 2.45) is 0 Å². The topological polar surface area (TPSA) is 94.3 Å². The maximum atomic E-state index is 10.8. The van der Waals surface area contributed by atoms with Gasteiger partial charge in [0.25, 0.3) is 0 Å². The molecule has 0 radical (unpaired) electrons. The van der Waals surface area contributed by atoms with Gasteiger partial charge in [0, 0.05) is 30.7 Å². The van der Waals surface area contributed by atoms with E-state index in [1.54, 1.807) is 23.3 Å². The largest absolute Gasteiger partial charge is 0.389 e. The Morgan fingerprint density at radius 1 is 1.35 bits per heavy atom. The van der Waals surface area contributed by atoms with E-state index in [1.807, 2.05) is 13.1 Å². The molecule has 0 spiro atoms. The third-order valence-corrected chi connectivity index (χ3v) is 4.32. The van der Waals surface area contributed by atoms with Crippen LogP contribution in [0.2, 0.25) is 0 Å². The highest BCUT2D eigenvalue weighted by atomic mass is 16.7. The molecule has 2 aliphatic heterocycles. The molecular formula is C15H19N5O3. The maximum absolute atomic E-state index is 10.8. The zero-order valence-corrected chi connectivity index (χ0v) is 12.7. The van der Waals surface area contributed by atoms with Crippen LogP contribution in [0.25, 0.3) is 0 Å². The van der Waals surface area contributed by atoms with Gasteiger partial charge in [0.1, 0.15) is 18.5 Å². The van der Waals surface area contributed by atoms with Crippen LogP contribution in [-0.2, 0) is 16.0 Å². The van der Waals surface area contributed by atoms with Gasteiger partial charge in [0.2, 0.25) is 0 Å². The smallest absolute Gasteiger partial charge is 0.183 e. The Labute approximate surface area is 133 Å². The molecule has 2 aromatic heterocycles. The standard InChI is InChI=1S/C15H19N5O3/c1-9-2-19-20(6-9)13-14(21)12(11-7-22-15(13)23-11)18-5-10-3-16-8-17-4-10/h2-4,6,8,11-15,18,21H,5,7H2,1H3. The van der Waals surface area contributed by atoms with E-state index in [0.29, 0.717) is 13.2 Å². The number of aryl methyl sites for hydroxylation is 1. The predicted octanol–water partition coefficient (Wildman–Crippen LogP) is -0.203. The molecule has 4 heterocycles. The van der Waals surface area contributed by atoms with Crippen LogP contribution in [0.3, 0.4) is 0 Å². The number of aliphatic hydroxyl groups excluding tert-OH is 1. The number of ether oxygens (including phenoxy) is 2. The van der Waals surface area contributed by atoms with Crippen molar-refractivity contribution in [2.45, 2.75) is 44.1 Å². The average Bonchev–Trinajstić information content (AvgIpc) is 3.17. The number of nitrogens with zero attached hydrogens (tertiary/aromatic N) is 4. The van der Waals surface area contributed by atoms with Crippen molar-refractivity contribution in [2.75, 3.05) is 6.61 Å². The van der Waals surface area contributed by atoms with E-state index in [2.05, 4.69) is 20.4 Å². The van der Waals surface area contributed by atoms with Gasteiger partial charge in [-0.1, -0.05) is 0 Å². The van der Waals surface area contributed by atoms with E-state index >= 15 is 0 Å². The Kier molecular flexibility index (Phi) is 3.82. The second-order valence-electron chi connectivity index (χ2n) is 6.01. The SMILES string of the molecule is Cc1cnn(C2C3OCC(O3)C(NCc3cncnc3)C2O)c1. The normalized spacial score (nSPS) is 33.0. The first-order chi connectivity index (χ1) is 11.2. The minimum Gasteiger partial charge on any atom is -0.389 e. The van der Waals surface area contributed by atoms with Crippen LogP contribution in [0, 0.1) is 6.92 Å². The molecule has 2 aromatic rings. The van der Waals surface area contributed by atoms with Gasteiger partial charge in [0.15, 0.2) is 6.29 Å². The molecule has 0 amide bonds. The van der Waals surface area contributed by atoms with Crippen LogP contribution < -0.4 is 5.32 Å². The zero-order valence-electron chi connectivity index (χ0n) is 12.7. The molecule has 2 aliphatic rings. The van der Waals surface area contributed by atoms with Crippen LogP contribution in [-0.4, -0.2) is 56.0 Å². The Morgan fingerprint density at radius 3 is 2.91 bits per heavy atom. The molecule has 23 heavy (non-hydrogen) atoms. The number of rotatable bonds is 4. The van der Waals surface area contributed by atoms with Gasteiger partial charge in [-0.2, -0.15) is 5.10 Å². The molecule has 0 aromatic carbocycles. The van der Waals surface area contributed by atoms with E-state index in [-0.39, 0.29) is 18.2 Å². The Hall–Kier alpha value is -1.87. The van der Waals surface area contributed by atoms with Crippen molar-refractivity contribution in [1.29, 1.82) is 0 Å². The molecule has 2 N–H and O–H groups in total. The molecule has 0 saturated carbocycles. The third-order valence-electron chi connectivity index (χ3n) is 4.32. The molecule has 8 nitrogen and oxygen atoms in total. The molecule has 2 fully saturated rings. The van der Waals surface area contributed by atoms with Crippen LogP contribution in [0.1, 0.15) is 17.2 Å². The van der Waals surface area contributed by atoms with E-state index in [0.717, 1.165) is 11.1 Å². The molecule has 122 valence electrons. The number of fused-ring (bicyclic) bond motifs is 2. The lowest BCUT2D eigenvalue weighted by atomic mass is 9.96. The lowest BCUT2D eigenvalue weighted by molar-refractivity contribution is -0.168. The van der Waals surface area contributed by atoms with Gasteiger partial charge in [0.05, 0.1) is 24.9 Å². The summed E-state index contributed by atoms with van der Waals surface area (Å²) in [6, 6.07) is -0.615. The summed E-state index contributed by atoms with van der Waals surface area (Å²) in [4.78, 5) is 7.99. The van der Waals surface area contributed by atoms with Gasteiger partial charge < -0.3 is 19.9 Å². The Morgan fingerprint density at radius 2 is 2.17 bits per heavy atom. The van der Waals surface area contributed by atoms with E-state index in [4.69, 9.17) is 9.47 Å². The lowest BCUT2D eigenvalue weighted by Gasteiger charge is -2.38. The zero-order chi connectivity index (χ0) is 15.8. The van der Waals surface area contributed by atoms with Crippen LogP contribution in [0.15, 0.2) is 31.1 Å². The fourth-order valence-electron chi connectivity index (χ4n) is 3.19. The van der Waals surface area contributed by atoms with Gasteiger partial charge in [-0.05, 0) is 12.5 Å². The van der Waals surface area contributed by atoms with Crippen molar-refractivity contribution >= 4 is 0 Å². The summed E-state index contributed by atoms with van der Waals surface area (Å²) >= 11 is 0. The maximum Gasteiger partial charge on any atom is 0.183 e. The molecule has 0 aliphatic carbocycles. The molecular weight excluding hydrogens is 298 g/mol. The van der Waals surface area contributed by atoms with Crippen molar-refractivity contribution in [3.8, 4) is 0 Å². The molecule has 5 unspecified atom stereocenters. The first-order valence-electron chi connectivity index (χ1n) is 7.65. The highest BCUT2D eigenvalue weighted by Crippen LogP contribution is 2.35. The molecule has 2 bridgehead atoms. The quantitative estimate of drug-likeness (QED) is 0.806. The summed E-state index contributed by atoms with van der Waals surface area (Å²) in [6.07, 6.45) is 7.34. The van der Waals surface area contributed by atoms with E-state index in [1.165, 1.54) is 6.33 Å². The first-order valence-corrected chi connectivity index (χ1v) is 7.65. The van der Waals surface area contributed by atoms with Crippen molar-refractivity contribution in [1.82, 2.24) is 25.1 Å². The van der Waals surface area contributed by atoms with Crippen LogP contribution >= 0.6 is 0 Å². The van der Waals surface area contributed by atoms with Gasteiger partial charge in [-0.25, -0.2) is 9.97 Å². The number of aliphatic hydroxyl groups is 1. The van der Waals surface area contributed by atoms with Crippen LogP contribution in [0.5, 0.6) is 0 Å². The molecule has 8 heteroatoms. The Balaban J connectivity index is 1.52. The fourth-order valence-corrected chi connectivity index (χ4v) is 3.19. The summed E-state index contributed by atoms with van der Waals surface area (Å²) in [5, 5.41) is 18.5. The minimum atomic E-state index is -0.662. The van der Waals surface area contributed by atoms with Crippen molar-refractivity contribution in [3.05, 3.63) is 42.2 Å². The lowest BCUT2D eigenvalue weighted by Crippen LogP contribution is -2.57. The summed E-state index contributed by atoms with van der Waals surface area (Å²) in [6.45, 7) is 2.97. The highest BCUT2D eigenvalue weighted by Gasteiger charge is 2.51. The highest BCUT2D eigenvalue weighted by molar-refractivity contribution is 5.07. The monoisotopic (exact) mass is 317 g/mol. The van der Waals surface area contributed by atoms with Gasteiger partial charge in [-0.3, -0.25) is 4.68 Å². The average molecular weight is 317 g/mol. The second-order valence-corrected chi connectivity index (χ2v) is 6.01. The Bertz CT molecular complexity index is 664. The van der Waals surface area contributed by atoms with Crippen molar-refractivity contribution < 1.29 is 14.6 Å². The van der Waals surface area contributed by atoms with Crippen LogP contribution in [0.4, 0.5) is 0 Å². The van der Waals surface area contributed by atoms with E-state index in [9.17, 15) is 5.11 Å². The predicted molar refractivity (Wildman–Crippen MR) is 79.3 cm³/mol. The van der Waals surface area contributed by atoms with Gasteiger partial charge >= 0.3 is 0 Å². The second kappa shape index (κ2) is 5.97. The summed E-state index contributed by atoms with van der Waals surface area (Å²) in [5.41, 5.74) is 1.98.